The highest BCUT2D eigenvalue weighted by Gasteiger charge is 2.51. The van der Waals surface area contributed by atoms with Crippen molar-refractivity contribution in [3.8, 4) is 0 Å². The summed E-state index contributed by atoms with van der Waals surface area (Å²) < 4.78 is 21.7. The van der Waals surface area contributed by atoms with E-state index in [0.717, 1.165) is 25.7 Å². The van der Waals surface area contributed by atoms with Crippen molar-refractivity contribution in [3.63, 3.8) is 0 Å². The molecule has 202 valence electrons. The third kappa shape index (κ3) is 11.2. The molecule has 0 bridgehead atoms. The smallest absolute Gasteiger partial charge is 0.455 e. The van der Waals surface area contributed by atoms with Gasteiger partial charge in [0.25, 0.3) is 17.9 Å². The van der Waals surface area contributed by atoms with Crippen LogP contribution >= 0.6 is 0 Å². The van der Waals surface area contributed by atoms with E-state index in [2.05, 4.69) is 31.2 Å². The fraction of sp³-hybridized carbons (Fsp3) is 0.679. The Hall–Kier alpha value is -2.19. The van der Waals surface area contributed by atoms with Crippen LogP contribution in [0.5, 0.6) is 0 Å². The normalized spacial score (nSPS) is 17.9. The zero-order chi connectivity index (χ0) is 26.4. The number of rotatable bonds is 15. The Balaban J connectivity index is 1.74. The van der Waals surface area contributed by atoms with E-state index in [9.17, 15) is 14.4 Å². The van der Waals surface area contributed by atoms with E-state index in [0.29, 0.717) is 18.9 Å². The highest BCUT2D eigenvalue weighted by molar-refractivity contribution is 6.65. The van der Waals surface area contributed by atoms with Crippen molar-refractivity contribution in [1.82, 2.24) is 0 Å². The molecule has 2 rings (SSSR count). The summed E-state index contributed by atoms with van der Waals surface area (Å²) in [6.45, 7) is 6.27. The van der Waals surface area contributed by atoms with Crippen LogP contribution in [0.15, 0.2) is 24.3 Å². The summed E-state index contributed by atoms with van der Waals surface area (Å²) in [6, 6.07) is 9.34. The van der Waals surface area contributed by atoms with Gasteiger partial charge < -0.3 is 18.0 Å². The molecule has 1 aromatic rings. The van der Waals surface area contributed by atoms with Crippen LogP contribution in [0.2, 0.25) is 6.04 Å². The van der Waals surface area contributed by atoms with Crippen molar-refractivity contribution >= 4 is 26.7 Å². The average molecular weight is 521 g/mol. The Morgan fingerprint density at radius 3 is 1.86 bits per heavy atom. The molecule has 7 nitrogen and oxygen atoms in total. The minimum atomic E-state index is -3.77. The van der Waals surface area contributed by atoms with Gasteiger partial charge in [-0.25, -0.2) is 0 Å². The van der Waals surface area contributed by atoms with Crippen LogP contribution < -0.4 is 0 Å². The lowest BCUT2D eigenvalue weighted by Gasteiger charge is -2.29. The van der Waals surface area contributed by atoms with Gasteiger partial charge in [0, 0.05) is 27.4 Å². The highest BCUT2D eigenvalue weighted by Crippen LogP contribution is 2.34. The van der Waals surface area contributed by atoms with Crippen LogP contribution in [0.4, 0.5) is 0 Å². The summed E-state index contributed by atoms with van der Waals surface area (Å²) in [4.78, 5) is 34.6. The monoisotopic (exact) mass is 520 g/mol. The number of ether oxygens (including phenoxy) is 1. The van der Waals surface area contributed by atoms with Crippen molar-refractivity contribution in [2.75, 3.05) is 6.61 Å². The summed E-state index contributed by atoms with van der Waals surface area (Å²) in [6.07, 6.45) is 12.5. The molecule has 1 saturated carbocycles. The van der Waals surface area contributed by atoms with E-state index in [1.165, 1.54) is 70.4 Å². The molecule has 0 aliphatic heterocycles. The molecule has 0 heterocycles. The van der Waals surface area contributed by atoms with Gasteiger partial charge in [-0.05, 0) is 62.0 Å². The number of aryl methyl sites for hydroxylation is 1. The van der Waals surface area contributed by atoms with Gasteiger partial charge in [-0.1, -0.05) is 56.9 Å². The topological polar surface area (TPSA) is 88.1 Å². The van der Waals surface area contributed by atoms with Crippen molar-refractivity contribution in [2.45, 2.75) is 116 Å². The van der Waals surface area contributed by atoms with Crippen molar-refractivity contribution in [2.24, 2.45) is 0 Å². The maximum Gasteiger partial charge on any atom is 0.705 e. The molecule has 0 N–H and O–H groups in total. The highest BCUT2D eigenvalue weighted by atomic mass is 28.4. The van der Waals surface area contributed by atoms with Gasteiger partial charge in [0.05, 0.1) is 12.1 Å². The third-order valence-corrected chi connectivity index (χ3v) is 9.33. The van der Waals surface area contributed by atoms with E-state index in [-0.39, 0.29) is 12.1 Å². The molecule has 0 aromatic heterocycles. The van der Waals surface area contributed by atoms with E-state index in [1.54, 1.807) is 0 Å². The van der Waals surface area contributed by atoms with Gasteiger partial charge in [0.15, 0.2) is 0 Å². The van der Waals surface area contributed by atoms with Gasteiger partial charge in [0.2, 0.25) is 0 Å². The Morgan fingerprint density at radius 2 is 1.33 bits per heavy atom. The molecule has 0 radical (unpaired) electrons. The third-order valence-electron chi connectivity index (χ3n) is 6.57. The van der Waals surface area contributed by atoms with Gasteiger partial charge in [-0.3, -0.25) is 14.4 Å². The van der Waals surface area contributed by atoms with Crippen LogP contribution in [0.3, 0.4) is 0 Å². The Labute approximate surface area is 217 Å². The van der Waals surface area contributed by atoms with E-state index in [4.69, 9.17) is 18.0 Å². The zero-order valence-electron chi connectivity index (χ0n) is 22.5. The van der Waals surface area contributed by atoms with E-state index >= 15 is 0 Å². The lowest BCUT2D eigenvalue weighted by molar-refractivity contribution is -0.147. The molecule has 1 aromatic carbocycles. The summed E-state index contributed by atoms with van der Waals surface area (Å²) in [5.74, 6) is -1.38. The first-order chi connectivity index (χ1) is 17.2. The molecule has 0 atom stereocenters. The average Bonchev–Trinajstić information content (AvgIpc) is 2.81. The maximum atomic E-state index is 11.5. The molecule has 1 aliphatic carbocycles. The van der Waals surface area contributed by atoms with Crippen molar-refractivity contribution < 1.29 is 32.4 Å². The number of hydrogen-bond acceptors (Lipinski definition) is 7. The lowest BCUT2D eigenvalue weighted by Crippen LogP contribution is -2.49. The van der Waals surface area contributed by atoms with Crippen LogP contribution in [-0.2, 0) is 38.8 Å². The molecule has 1 aliphatic rings. The van der Waals surface area contributed by atoms with Crippen molar-refractivity contribution in [3.05, 3.63) is 35.4 Å². The quantitative estimate of drug-likeness (QED) is 0.199. The van der Waals surface area contributed by atoms with Crippen molar-refractivity contribution in [1.29, 1.82) is 0 Å². The second kappa shape index (κ2) is 15.8. The summed E-state index contributed by atoms with van der Waals surface area (Å²) >= 11 is 0. The van der Waals surface area contributed by atoms with Crippen LogP contribution in [-0.4, -0.2) is 39.4 Å². The summed E-state index contributed by atoms with van der Waals surface area (Å²) in [5.41, 5.74) is 2.85. The molecule has 0 spiro atoms. The molecule has 0 saturated heterocycles. The zero-order valence-corrected chi connectivity index (χ0v) is 23.5. The largest absolute Gasteiger partial charge is 0.705 e. The van der Waals surface area contributed by atoms with Crippen LogP contribution in [0, 0.1) is 0 Å². The molecule has 8 heteroatoms. The number of carbonyl (C=O) groups excluding carboxylic acids is 3. The van der Waals surface area contributed by atoms with Gasteiger partial charge in [-0.2, -0.15) is 0 Å². The molecular formula is C28H44O7Si. The van der Waals surface area contributed by atoms with Gasteiger partial charge in [-0.15, -0.1) is 0 Å². The number of benzene rings is 1. The Kier molecular flexibility index (Phi) is 13.2. The number of unbranched alkanes of at least 4 members (excludes halogenated alkanes) is 4. The van der Waals surface area contributed by atoms with E-state index < -0.39 is 26.7 Å². The second-order valence-corrected chi connectivity index (χ2v) is 12.3. The molecule has 0 unspecified atom stereocenters. The van der Waals surface area contributed by atoms with Crippen LogP contribution in [0.25, 0.3) is 0 Å². The maximum absolute atomic E-state index is 11.5. The molecule has 1 fully saturated rings. The number of hydrogen-bond donors (Lipinski definition) is 0. The van der Waals surface area contributed by atoms with E-state index in [1.807, 2.05) is 0 Å². The van der Waals surface area contributed by atoms with Gasteiger partial charge in [0.1, 0.15) is 0 Å². The van der Waals surface area contributed by atoms with Gasteiger partial charge >= 0.3 is 8.80 Å². The fourth-order valence-electron chi connectivity index (χ4n) is 4.86. The Bertz CT molecular complexity index is 775. The Morgan fingerprint density at radius 1 is 0.778 bits per heavy atom. The predicted octanol–water partition coefficient (Wildman–Crippen LogP) is 6.26. The first kappa shape index (κ1) is 30.0. The predicted molar refractivity (Wildman–Crippen MR) is 140 cm³/mol. The first-order valence-electron chi connectivity index (χ1n) is 13.5. The molecule has 36 heavy (non-hydrogen) atoms. The summed E-state index contributed by atoms with van der Waals surface area (Å²) in [5, 5.41) is 0. The summed E-state index contributed by atoms with van der Waals surface area (Å²) in [7, 11) is -3.77. The minimum absolute atomic E-state index is 0.145. The second-order valence-electron chi connectivity index (χ2n) is 9.82. The SMILES string of the molecule is CCCCCCCc1ccc(C2CCC(OCCC[Si](OC(C)=O)(OC(C)=O)OC(C)=O)CC2)cc1. The molecular weight excluding hydrogens is 476 g/mol. The molecule has 0 amide bonds. The number of carbonyl (C=O) groups is 3. The fourth-order valence-corrected chi connectivity index (χ4v) is 7.19. The first-order valence-corrected chi connectivity index (χ1v) is 15.5. The standard InChI is InChI=1S/C28H44O7Si/c1-5-6-7-8-9-11-25-12-14-26(15-13-25)27-16-18-28(19-17-27)32-20-10-21-36(33-22(2)29,34-23(3)30)35-24(4)31/h12-15,27-28H,5-11,16-21H2,1-4H3. The lowest BCUT2D eigenvalue weighted by atomic mass is 9.82. The minimum Gasteiger partial charge on any atom is -0.455 e. The van der Waals surface area contributed by atoms with Crippen LogP contribution in [0.1, 0.15) is 109 Å².